The van der Waals surface area contributed by atoms with Crippen molar-refractivity contribution in [3.63, 3.8) is 0 Å². The molecule has 0 radical (unpaired) electrons. The van der Waals surface area contributed by atoms with Gasteiger partial charge in [0.1, 0.15) is 5.82 Å². The van der Waals surface area contributed by atoms with Crippen molar-refractivity contribution in [2.75, 3.05) is 5.73 Å². The minimum atomic E-state index is 0.566. The molecule has 2 heterocycles. The monoisotopic (exact) mass is 295 g/mol. The maximum Gasteiger partial charge on any atom is 0.171 e. The van der Waals surface area contributed by atoms with Gasteiger partial charge in [-0.25, -0.2) is 9.97 Å². The van der Waals surface area contributed by atoms with Crippen LogP contribution in [0.15, 0.2) is 22.0 Å². The minimum absolute atomic E-state index is 0.566. The quantitative estimate of drug-likeness (QED) is 0.923. The van der Waals surface area contributed by atoms with Crippen molar-refractivity contribution in [1.29, 1.82) is 0 Å². The van der Waals surface area contributed by atoms with Crippen molar-refractivity contribution in [1.82, 2.24) is 9.97 Å². The average molecular weight is 296 g/mol. The van der Waals surface area contributed by atoms with E-state index < -0.39 is 0 Å². The van der Waals surface area contributed by atoms with Crippen molar-refractivity contribution in [3.8, 4) is 10.7 Å². The van der Waals surface area contributed by atoms with Crippen LogP contribution < -0.4 is 5.73 Å². The summed E-state index contributed by atoms with van der Waals surface area (Å²) in [6, 6.07) is 5.91. The lowest BCUT2D eigenvalue weighted by atomic mass is 10.2. The third-order valence-electron chi connectivity index (χ3n) is 2.55. The molecule has 0 atom stereocenters. The molecule has 0 amide bonds. The van der Waals surface area contributed by atoms with Crippen molar-refractivity contribution < 1.29 is 0 Å². The summed E-state index contributed by atoms with van der Waals surface area (Å²) in [5.74, 6) is 1.92. The summed E-state index contributed by atoms with van der Waals surface area (Å²) in [4.78, 5) is 9.92. The number of anilines is 1. The van der Waals surface area contributed by atoms with Gasteiger partial charge in [-0.05, 0) is 40.9 Å². The number of nitrogen functional groups attached to an aromatic ring is 1. The molecule has 3 nitrogen and oxygen atoms in total. The Bertz CT molecular complexity index is 534. The molecular weight excluding hydrogens is 286 g/mol. The number of nitrogens with two attached hydrogens (primary N) is 1. The first-order chi connectivity index (χ1) is 7.72. The van der Waals surface area contributed by atoms with E-state index >= 15 is 0 Å². The molecule has 0 aliphatic heterocycles. The van der Waals surface area contributed by atoms with Crippen molar-refractivity contribution >= 4 is 33.1 Å². The second-order valence-corrected chi connectivity index (χ2v) is 6.38. The molecule has 2 aromatic rings. The van der Waals surface area contributed by atoms with Gasteiger partial charge < -0.3 is 5.73 Å². The molecule has 0 aromatic carbocycles. The van der Waals surface area contributed by atoms with Crippen LogP contribution in [0.3, 0.4) is 0 Å². The summed E-state index contributed by atoms with van der Waals surface area (Å²) in [6.45, 7) is 0. The van der Waals surface area contributed by atoms with Crippen LogP contribution in [-0.2, 0) is 0 Å². The molecule has 1 fully saturated rings. The predicted octanol–water partition coefficient (Wildman–Crippen LogP) is 3.43. The first-order valence-electron chi connectivity index (χ1n) is 5.12. The summed E-state index contributed by atoms with van der Waals surface area (Å²) in [7, 11) is 0. The molecule has 1 saturated carbocycles. The van der Waals surface area contributed by atoms with Crippen LogP contribution in [-0.4, -0.2) is 9.97 Å². The summed E-state index contributed by atoms with van der Waals surface area (Å²) < 4.78 is 1.08. The van der Waals surface area contributed by atoms with E-state index in [2.05, 4.69) is 25.9 Å². The fraction of sp³-hybridized carbons (Fsp3) is 0.273. The Kier molecular flexibility index (Phi) is 2.44. The van der Waals surface area contributed by atoms with E-state index in [-0.39, 0.29) is 0 Å². The number of rotatable bonds is 2. The first kappa shape index (κ1) is 10.2. The highest BCUT2D eigenvalue weighted by molar-refractivity contribution is 9.11. The lowest BCUT2D eigenvalue weighted by molar-refractivity contribution is 1.00. The Balaban J connectivity index is 2.06. The van der Waals surface area contributed by atoms with Gasteiger partial charge in [0.05, 0.1) is 8.66 Å². The van der Waals surface area contributed by atoms with E-state index in [0.29, 0.717) is 11.7 Å². The molecule has 0 spiro atoms. The Labute approximate surface area is 106 Å². The molecule has 0 saturated heterocycles. The van der Waals surface area contributed by atoms with Crippen LogP contribution in [0.25, 0.3) is 10.7 Å². The highest BCUT2D eigenvalue weighted by Gasteiger charge is 2.26. The molecule has 2 N–H and O–H groups in total. The molecule has 16 heavy (non-hydrogen) atoms. The molecule has 1 aliphatic rings. The van der Waals surface area contributed by atoms with Crippen LogP contribution in [0, 0.1) is 0 Å². The molecule has 3 rings (SSSR count). The molecule has 0 unspecified atom stereocenters. The van der Waals surface area contributed by atoms with Crippen LogP contribution in [0.1, 0.15) is 24.5 Å². The lowest BCUT2D eigenvalue weighted by Crippen LogP contribution is -1.98. The van der Waals surface area contributed by atoms with E-state index in [0.717, 1.165) is 20.2 Å². The fourth-order valence-electron chi connectivity index (χ4n) is 1.62. The van der Waals surface area contributed by atoms with Gasteiger partial charge in [-0.3, -0.25) is 0 Å². The van der Waals surface area contributed by atoms with E-state index in [1.807, 2.05) is 18.2 Å². The van der Waals surface area contributed by atoms with Gasteiger partial charge >= 0.3 is 0 Å². The van der Waals surface area contributed by atoms with Crippen LogP contribution in [0.5, 0.6) is 0 Å². The maximum atomic E-state index is 5.81. The predicted molar refractivity (Wildman–Crippen MR) is 69.4 cm³/mol. The highest BCUT2D eigenvalue weighted by Crippen LogP contribution is 2.40. The van der Waals surface area contributed by atoms with Crippen molar-refractivity contribution in [2.24, 2.45) is 0 Å². The van der Waals surface area contributed by atoms with Gasteiger partial charge in [0.25, 0.3) is 0 Å². The Morgan fingerprint density at radius 1 is 1.31 bits per heavy atom. The topological polar surface area (TPSA) is 51.8 Å². The van der Waals surface area contributed by atoms with Crippen LogP contribution >= 0.6 is 27.3 Å². The van der Waals surface area contributed by atoms with E-state index in [4.69, 9.17) is 5.73 Å². The van der Waals surface area contributed by atoms with Crippen molar-refractivity contribution in [3.05, 3.63) is 27.7 Å². The fourth-order valence-corrected chi connectivity index (χ4v) is 2.94. The van der Waals surface area contributed by atoms with Gasteiger partial charge in [-0.15, -0.1) is 11.3 Å². The molecular formula is C11H10BrN3S. The van der Waals surface area contributed by atoms with E-state index in [1.54, 1.807) is 11.3 Å². The zero-order valence-electron chi connectivity index (χ0n) is 8.48. The zero-order valence-corrected chi connectivity index (χ0v) is 10.9. The van der Waals surface area contributed by atoms with Crippen LogP contribution in [0.4, 0.5) is 5.82 Å². The van der Waals surface area contributed by atoms with Crippen LogP contribution in [0.2, 0.25) is 0 Å². The Hall–Kier alpha value is -0.940. The largest absolute Gasteiger partial charge is 0.384 e. The minimum Gasteiger partial charge on any atom is -0.384 e. The highest BCUT2D eigenvalue weighted by atomic mass is 79.9. The Morgan fingerprint density at radius 3 is 2.75 bits per heavy atom. The number of thiophene rings is 1. The third-order valence-corrected chi connectivity index (χ3v) is 4.17. The molecule has 2 aromatic heterocycles. The normalized spacial score (nSPS) is 15.3. The number of nitrogens with zero attached hydrogens (tertiary/aromatic N) is 2. The molecule has 82 valence electrons. The van der Waals surface area contributed by atoms with Crippen molar-refractivity contribution in [2.45, 2.75) is 18.8 Å². The second-order valence-electron chi connectivity index (χ2n) is 3.92. The SMILES string of the molecule is Nc1cc(C2CC2)nc(-c2ccc(Br)s2)n1. The van der Waals surface area contributed by atoms with Gasteiger partial charge in [-0.2, -0.15) is 0 Å². The number of hydrogen-bond acceptors (Lipinski definition) is 4. The summed E-state index contributed by atoms with van der Waals surface area (Å²) >= 11 is 5.07. The van der Waals surface area contributed by atoms with Gasteiger partial charge in [0.2, 0.25) is 0 Å². The van der Waals surface area contributed by atoms with Gasteiger partial charge in [-0.1, -0.05) is 0 Å². The van der Waals surface area contributed by atoms with E-state index in [1.165, 1.54) is 12.8 Å². The summed E-state index contributed by atoms with van der Waals surface area (Å²) in [6.07, 6.45) is 2.45. The number of hydrogen-bond donors (Lipinski definition) is 1. The average Bonchev–Trinajstić information content (AvgIpc) is 3.01. The first-order valence-corrected chi connectivity index (χ1v) is 6.73. The molecule has 5 heteroatoms. The smallest absolute Gasteiger partial charge is 0.171 e. The molecule has 0 bridgehead atoms. The molecule has 1 aliphatic carbocycles. The lowest BCUT2D eigenvalue weighted by Gasteiger charge is -2.02. The zero-order chi connectivity index (χ0) is 11.1. The standard InChI is InChI=1S/C11H10BrN3S/c12-9-4-3-8(16-9)11-14-7(6-1-2-6)5-10(13)15-11/h3-6H,1-2H2,(H2,13,14,15). The second kappa shape index (κ2) is 3.82. The Morgan fingerprint density at radius 2 is 2.12 bits per heavy atom. The van der Waals surface area contributed by atoms with E-state index in [9.17, 15) is 0 Å². The maximum absolute atomic E-state index is 5.81. The third kappa shape index (κ3) is 1.97. The van der Waals surface area contributed by atoms with Gasteiger partial charge in [0.15, 0.2) is 5.82 Å². The summed E-state index contributed by atoms with van der Waals surface area (Å²) in [5, 5.41) is 0. The number of aromatic nitrogens is 2. The summed E-state index contributed by atoms with van der Waals surface area (Å²) in [5.41, 5.74) is 6.90. The number of halogens is 1. The van der Waals surface area contributed by atoms with Gasteiger partial charge in [0, 0.05) is 17.7 Å².